The van der Waals surface area contributed by atoms with Crippen molar-refractivity contribution in [1.82, 2.24) is 0 Å². The van der Waals surface area contributed by atoms with Gasteiger partial charge in [-0.05, 0) is 55.9 Å². The molecule has 0 fully saturated rings. The van der Waals surface area contributed by atoms with Gasteiger partial charge in [0.05, 0.1) is 0 Å². The fraction of sp³-hybridized carbons (Fsp3) is 0. The predicted molar refractivity (Wildman–Crippen MR) is 112 cm³/mol. The second kappa shape index (κ2) is 5.41. The molecule has 0 saturated carbocycles. The fourth-order valence-electron chi connectivity index (χ4n) is 4.18. The maximum Gasteiger partial charge on any atom is 0.249 e. The zero-order valence-corrected chi connectivity index (χ0v) is 15.6. The van der Waals surface area contributed by atoms with Gasteiger partial charge in [0.1, 0.15) is 0 Å². The van der Waals surface area contributed by atoms with Crippen molar-refractivity contribution in [2.45, 2.75) is 0 Å². The van der Waals surface area contributed by atoms with Crippen LogP contribution in [0, 0.1) is 0 Å². The lowest BCUT2D eigenvalue weighted by atomic mass is 9.86. The first kappa shape index (κ1) is 16.0. The number of amides is 2. The van der Waals surface area contributed by atoms with Crippen molar-refractivity contribution < 1.29 is 9.59 Å². The van der Waals surface area contributed by atoms with Gasteiger partial charge in [-0.15, -0.1) is 0 Å². The Labute approximate surface area is 162 Å². The molecular weight excluding hydrogens is 404 g/mol. The molecule has 0 spiro atoms. The first-order valence-electron chi connectivity index (χ1n) is 8.40. The molecule has 0 aromatic heterocycles. The lowest BCUT2D eigenvalue weighted by Gasteiger charge is -2.17. The number of carbonyl (C=O) groups excluding carboxylic acids is 2. The molecule has 0 heterocycles. The van der Waals surface area contributed by atoms with Crippen molar-refractivity contribution in [3.63, 3.8) is 0 Å². The standard InChI is InChI=1S/C22H13BrN2O2/c23-17-9-8-11-13-5-7-16(22(25)27)20-15(21(24)26)6-4-12(19(13)20)10-2-1-3-14(17)18(10)11/h1-9H,(H2,24,26)(H2,25,27). The largest absolute Gasteiger partial charge is 0.366 e. The summed E-state index contributed by atoms with van der Waals surface area (Å²) < 4.78 is 1.02. The van der Waals surface area contributed by atoms with E-state index in [1.54, 1.807) is 12.1 Å². The van der Waals surface area contributed by atoms with E-state index in [4.69, 9.17) is 11.5 Å². The van der Waals surface area contributed by atoms with Gasteiger partial charge in [0.25, 0.3) is 0 Å². The highest BCUT2D eigenvalue weighted by Crippen LogP contribution is 2.43. The Morgan fingerprint density at radius 3 is 1.67 bits per heavy atom. The summed E-state index contributed by atoms with van der Waals surface area (Å²) in [5, 5.41) is 7.65. The zero-order chi connectivity index (χ0) is 18.9. The number of rotatable bonds is 2. The van der Waals surface area contributed by atoms with Crippen LogP contribution in [0.25, 0.3) is 43.1 Å². The summed E-state index contributed by atoms with van der Waals surface area (Å²) in [5.74, 6) is -1.16. The molecule has 5 aromatic rings. The second-order valence-electron chi connectivity index (χ2n) is 6.62. The summed E-state index contributed by atoms with van der Waals surface area (Å²) in [5.41, 5.74) is 11.8. The van der Waals surface area contributed by atoms with E-state index in [1.807, 2.05) is 24.3 Å². The quantitative estimate of drug-likeness (QED) is 0.322. The van der Waals surface area contributed by atoms with Crippen molar-refractivity contribution >= 4 is 70.8 Å². The molecule has 4 nitrogen and oxygen atoms in total. The van der Waals surface area contributed by atoms with Gasteiger partial charge < -0.3 is 11.5 Å². The Morgan fingerprint density at radius 2 is 1.07 bits per heavy atom. The zero-order valence-electron chi connectivity index (χ0n) is 14.0. The van der Waals surface area contributed by atoms with Crippen molar-refractivity contribution in [2.24, 2.45) is 11.5 Å². The molecule has 0 atom stereocenters. The van der Waals surface area contributed by atoms with Crippen molar-refractivity contribution in [3.05, 3.63) is 70.2 Å². The van der Waals surface area contributed by atoms with E-state index in [0.29, 0.717) is 16.5 Å². The Balaban J connectivity index is 2.20. The fourth-order valence-corrected chi connectivity index (χ4v) is 4.64. The van der Waals surface area contributed by atoms with E-state index in [1.165, 1.54) is 0 Å². The number of primary amides is 2. The van der Waals surface area contributed by atoms with Crippen molar-refractivity contribution in [2.75, 3.05) is 0 Å². The highest BCUT2D eigenvalue weighted by molar-refractivity contribution is 9.10. The van der Waals surface area contributed by atoms with Crippen LogP contribution in [0.15, 0.2) is 59.1 Å². The Hall–Kier alpha value is -3.18. The first-order chi connectivity index (χ1) is 13.0. The monoisotopic (exact) mass is 416 g/mol. The number of nitrogens with two attached hydrogens (primary N) is 2. The summed E-state index contributed by atoms with van der Waals surface area (Å²) >= 11 is 3.63. The van der Waals surface area contributed by atoms with Gasteiger partial charge in [-0.2, -0.15) is 0 Å². The summed E-state index contributed by atoms with van der Waals surface area (Å²) in [6.45, 7) is 0. The average molecular weight is 417 g/mol. The topological polar surface area (TPSA) is 86.2 Å². The van der Waals surface area contributed by atoms with E-state index < -0.39 is 11.8 Å². The normalized spacial score (nSPS) is 11.7. The van der Waals surface area contributed by atoms with E-state index in [2.05, 4.69) is 34.1 Å². The lowest BCUT2D eigenvalue weighted by Crippen LogP contribution is -2.16. The molecule has 27 heavy (non-hydrogen) atoms. The number of hydrogen-bond donors (Lipinski definition) is 2. The lowest BCUT2D eigenvalue weighted by molar-refractivity contribution is 0.0998. The average Bonchev–Trinajstić information content (AvgIpc) is 2.66. The maximum absolute atomic E-state index is 12.1. The molecular formula is C22H13BrN2O2. The number of carbonyl (C=O) groups is 2. The Bertz CT molecular complexity index is 1370. The number of benzene rings is 5. The number of fused-ring (bicyclic) bond motifs is 2. The minimum atomic E-state index is -0.582. The van der Waals surface area contributed by atoms with Gasteiger partial charge in [0, 0.05) is 21.0 Å². The van der Waals surface area contributed by atoms with Gasteiger partial charge in [0.15, 0.2) is 0 Å². The van der Waals surface area contributed by atoms with Gasteiger partial charge in [-0.25, -0.2) is 0 Å². The van der Waals surface area contributed by atoms with E-state index in [0.717, 1.165) is 42.2 Å². The van der Waals surface area contributed by atoms with Crippen LogP contribution < -0.4 is 11.5 Å². The molecule has 5 heteroatoms. The van der Waals surface area contributed by atoms with Gasteiger partial charge in [0.2, 0.25) is 11.8 Å². The molecule has 0 saturated heterocycles. The smallest absolute Gasteiger partial charge is 0.249 e. The van der Waals surface area contributed by atoms with E-state index in [-0.39, 0.29) is 0 Å². The Kier molecular flexibility index (Phi) is 3.21. The molecule has 0 aliphatic rings. The minimum absolute atomic E-state index is 0.303. The van der Waals surface area contributed by atoms with Crippen molar-refractivity contribution in [1.29, 1.82) is 0 Å². The summed E-state index contributed by atoms with van der Waals surface area (Å²) in [6, 6.07) is 17.3. The number of hydrogen-bond acceptors (Lipinski definition) is 2. The molecule has 130 valence electrons. The van der Waals surface area contributed by atoms with Crippen LogP contribution in [0.1, 0.15) is 20.7 Å². The molecule has 5 rings (SSSR count). The van der Waals surface area contributed by atoms with Crippen LogP contribution >= 0.6 is 15.9 Å². The van der Waals surface area contributed by atoms with Crippen LogP contribution in [0.5, 0.6) is 0 Å². The van der Waals surface area contributed by atoms with E-state index in [9.17, 15) is 9.59 Å². The highest BCUT2D eigenvalue weighted by atomic mass is 79.9. The van der Waals surface area contributed by atoms with Gasteiger partial charge >= 0.3 is 0 Å². The molecule has 5 aromatic carbocycles. The highest BCUT2D eigenvalue weighted by Gasteiger charge is 2.20. The van der Waals surface area contributed by atoms with Crippen LogP contribution in [0.2, 0.25) is 0 Å². The third kappa shape index (κ3) is 2.03. The molecule has 2 amide bonds. The SMILES string of the molecule is NC(=O)c1ccc2c3cccc4c(Br)ccc(c5ccc(C(N)=O)c1c25)c43. The van der Waals surface area contributed by atoms with Crippen molar-refractivity contribution in [3.8, 4) is 0 Å². The van der Waals surface area contributed by atoms with Crippen LogP contribution in [0.4, 0.5) is 0 Å². The van der Waals surface area contributed by atoms with Gasteiger partial charge in [-0.3, -0.25) is 9.59 Å². The second-order valence-corrected chi connectivity index (χ2v) is 7.48. The first-order valence-corrected chi connectivity index (χ1v) is 9.19. The van der Waals surface area contributed by atoms with E-state index >= 15 is 0 Å². The molecule has 4 N–H and O–H groups in total. The van der Waals surface area contributed by atoms with Gasteiger partial charge in [-0.1, -0.05) is 52.3 Å². The predicted octanol–water partition coefficient (Wildman–Crippen LogP) is 4.70. The summed E-state index contributed by atoms with van der Waals surface area (Å²) in [6.07, 6.45) is 0. The molecule has 0 unspecified atom stereocenters. The summed E-state index contributed by atoms with van der Waals surface area (Å²) in [4.78, 5) is 24.1. The number of halogens is 1. The third-order valence-corrected chi connectivity index (χ3v) is 5.95. The van der Waals surface area contributed by atoms with Crippen LogP contribution in [-0.4, -0.2) is 11.8 Å². The molecule has 0 bridgehead atoms. The maximum atomic E-state index is 12.1. The van der Waals surface area contributed by atoms with Crippen LogP contribution in [0.3, 0.4) is 0 Å². The molecule has 0 radical (unpaired) electrons. The Morgan fingerprint density at radius 1 is 0.593 bits per heavy atom. The third-order valence-electron chi connectivity index (χ3n) is 5.26. The molecule has 0 aliphatic carbocycles. The molecule has 0 aliphatic heterocycles. The van der Waals surface area contributed by atoms with Crippen LogP contribution in [-0.2, 0) is 0 Å². The summed E-state index contributed by atoms with van der Waals surface area (Å²) in [7, 11) is 0. The minimum Gasteiger partial charge on any atom is -0.366 e.